The molecule has 3 unspecified atom stereocenters. The Morgan fingerprint density at radius 2 is 1.95 bits per heavy atom. The first-order valence-corrected chi connectivity index (χ1v) is 14.5. The zero-order valence-corrected chi connectivity index (χ0v) is 23.1. The predicted molar refractivity (Wildman–Crippen MR) is 148 cm³/mol. The van der Waals surface area contributed by atoms with E-state index in [-0.39, 0.29) is 34.8 Å². The molecule has 6 atom stereocenters. The van der Waals surface area contributed by atoms with Gasteiger partial charge < -0.3 is 19.7 Å². The molecule has 2 aromatic rings. The Labute approximate surface area is 221 Å². The fourth-order valence-corrected chi connectivity index (χ4v) is 9.51. The summed E-state index contributed by atoms with van der Waals surface area (Å²) in [6.45, 7) is 9.01. The van der Waals surface area contributed by atoms with E-state index >= 15 is 0 Å². The maximum absolute atomic E-state index is 13.7. The van der Waals surface area contributed by atoms with Gasteiger partial charge in [-0.3, -0.25) is 0 Å². The van der Waals surface area contributed by atoms with E-state index in [0.717, 1.165) is 51.4 Å². The van der Waals surface area contributed by atoms with E-state index in [1.165, 1.54) is 29.3 Å². The number of hydrogen-bond donors (Lipinski definition) is 2. The van der Waals surface area contributed by atoms with E-state index < -0.39 is 5.41 Å². The molecule has 1 spiro atoms. The fraction of sp³-hybridized carbons (Fsp3) is 0.594. The predicted octanol–water partition coefficient (Wildman–Crippen LogP) is 7.45. The molecule has 37 heavy (non-hydrogen) atoms. The highest BCUT2D eigenvalue weighted by Crippen LogP contribution is 2.81. The summed E-state index contributed by atoms with van der Waals surface area (Å²) in [6.07, 6.45) is 12.4. The third-order valence-electron chi connectivity index (χ3n) is 11.0. The maximum Gasteiger partial charge on any atom is 0.337 e. The minimum Gasteiger partial charge on any atom is -0.511 e. The summed E-state index contributed by atoms with van der Waals surface area (Å²) in [5.74, 6) is 0.211. The van der Waals surface area contributed by atoms with E-state index in [9.17, 15) is 9.90 Å². The van der Waals surface area contributed by atoms with Crippen LogP contribution in [0, 0.1) is 22.7 Å². The second-order valence-corrected chi connectivity index (χ2v) is 11.9. The molecule has 1 aromatic carbocycles. The highest BCUT2D eigenvalue weighted by molar-refractivity contribution is 5.94. The molecule has 0 bridgehead atoms. The number of para-hydroxylation sites is 1. The zero-order chi connectivity index (χ0) is 26.2. The van der Waals surface area contributed by atoms with Crippen LogP contribution < -0.4 is 0 Å². The third kappa shape index (κ3) is 2.78. The van der Waals surface area contributed by atoms with Gasteiger partial charge in [0.25, 0.3) is 0 Å². The van der Waals surface area contributed by atoms with Crippen LogP contribution in [0.25, 0.3) is 17.0 Å². The Kier molecular flexibility index (Phi) is 5.60. The van der Waals surface area contributed by atoms with Gasteiger partial charge in [-0.25, -0.2) is 4.79 Å². The highest BCUT2D eigenvalue weighted by Gasteiger charge is 2.81. The van der Waals surface area contributed by atoms with Crippen LogP contribution >= 0.6 is 0 Å². The van der Waals surface area contributed by atoms with Crippen molar-refractivity contribution in [3.05, 3.63) is 53.1 Å². The smallest absolute Gasteiger partial charge is 0.337 e. The van der Waals surface area contributed by atoms with Crippen LogP contribution in [0.4, 0.5) is 0 Å². The number of esters is 1. The number of ether oxygens (including phenoxy) is 1. The number of nitrogens with zero attached hydrogens (tertiary/aromatic N) is 1. The Hall–Kier alpha value is -2.69. The number of aromatic nitrogens is 1. The summed E-state index contributed by atoms with van der Waals surface area (Å²) in [6, 6.07) is 8.85. The summed E-state index contributed by atoms with van der Waals surface area (Å²) in [5, 5.41) is 13.0. The van der Waals surface area contributed by atoms with Gasteiger partial charge in [-0.15, -0.1) is 0 Å². The van der Waals surface area contributed by atoms with E-state index in [2.05, 4.69) is 74.1 Å². The van der Waals surface area contributed by atoms with Gasteiger partial charge in [0.05, 0.1) is 18.2 Å². The van der Waals surface area contributed by atoms with Crippen molar-refractivity contribution in [2.75, 3.05) is 7.11 Å². The first-order valence-electron chi connectivity index (χ1n) is 14.5. The topological polar surface area (TPSA) is 65.6 Å². The van der Waals surface area contributed by atoms with Gasteiger partial charge in [-0.1, -0.05) is 58.7 Å². The maximum atomic E-state index is 13.7. The van der Waals surface area contributed by atoms with E-state index in [1.54, 1.807) is 0 Å². The number of allylic oxidation sites excluding steroid dienone is 1. The van der Waals surface area contributed by atoms with Crippen LogP contribution in [-0.4, -0.2) is 34.1 Å². The first-order chi connectivity index (χ1) is 17.9. The molecule has 1 saturated carbocycles. The Balaban J connectivity index is 1.67. The number of methoxy groups -OCH3 is 1. The lowest BCUT2D eigenvalue weighted by Gasteiger charge is -2.66. The number of carbonyl (C=O) groups excluding carboxylic acids is 1. The van der Waals surface area contributed by atoms with Crippen molar-refractivity contribution in [1.29, 1.82) is 0 Å². The van der Waals surface area contributed by atoms with Crippen LogP contribution in [-0.2, 0) is 15.1 Å². The average Bonchev–Trinajstić information content (AvgIpc) is 3.55. The lowest BCUT2D eigenvalue weighted by atomic mass is 9.43. The quantitative estimate of drug-likeness (QED) is 0.386. The Morgan fingerprint density at radius 1 is 1.16 bits per heavy atom. The second-order valence-electron chi connectivity index (χ2n) is 11.9. The number of rotatable bonds is 7. The number of hydrogen-bond acceptors (Lipinski definition) is 4. The van der Waals surface area contributed by atoms with Crippen molar-refractivity contribution in [3.63, 3.8) is 0 Å². The molecule has 3 heterocycles. The van der Waals surface area contributed by atoms with Gasteiger partial charge in [0.1, 0.15) is 5.76 Å². The lowest BCUT2D eigenvalue weighted by molar-refractivity contribution is -0.156. The second kappa shape index (κ2) is 8.41. The number of fused-ring (bicyclic) bond motifs is 5. The molecule has 5 nitrogen and oxygen atoms in total. The molecule has 2 N–H and O–H groups in total. The van der Waals surface area contributed by atoms with Crippen LogP contribution in [0.2, 0.25) is 0 Å². The zero-order valence-electron chi connectivity index (χ0n) is 23.1. The molecule has 0 amide bonds. The van der Waals surface area contributed by atoms with Gasteiger partial charge in [0, 0.05) is 57.1 Å². The molecule has 2 aliphatic carbocycles. The van der Waals surface area contributed by atoms with Gasteiger partial charge in [-0.05, 0) is 50.7 Å². The van der Waals surface area contributed by atoms with E-state index in [0.29, 0.717) is 11.3 Å². The number of aromatic amines is 1. The van der Waals surface area contributed by atoms with Gasteiger partial charge in [0.15, 0.2) is 0 Å². The van der Waals surface area contributed by atoms with E-state index in [1.807, 2.05) is 0 Å². The molecule has 1 aromatic heterocycles. The summed E-state index contributed by atoms with van der Waals surface area (Å²) >= 11 is 0. The van der Waals surface area contributed by atoms with Crippen LogP contribution in [0.3, 0.4) is 0 Å². The molecule has 1 saturated heterocycles. The Morgan fingerprint density at radius 3 is 2.62 bits per heavy atom. The molecule has 6 rings (SSSR count). The molecule has 5 heteroatoms. The van der Waals surface area contributed by atoms with Crippen molar-refractivity contribution >= 4 is 22.9 Å². The van der Waals surface area contributed by atoms with Crippen molar-refractivity contribution in [3.8, 4) is 0 Å². The molecule has 0 radical (unpaired) electrons. The normalized spacial score (nSPS) is 35.6. The lowest BCUT2D eigenvalue weighted by Crippen LogP contribution is -2.67. The standard InChI is InChI=1S/C32H42N2O3/c1-6-10-16-31-24-19-32(24)28-22(21-13-11-12-14-23(21)33-28)15-17-34(32)25(8-3)30(31,9-4)18-20(7-2)27(35)26(31)29(36)37-5/h11-15,17,20,24-25,33,35H,6-10,16,18-19H2,1-5H3/t20?,24-,25+,30+,31?,32?/m1/s1. The minimum atomic E-state index is -0.419. The molecule has 2 aliphatic heterocycles. The molecule has 4 aliphatic rings. The third-order valence-corrected chi connectivity index (χ3v) is 11.0. The van der Waals surface area contributed by atoms with Gasteiger partial charge in [0.2, 0.25) is 0 Å². The number of H-pyrrole nitrogens is 1. The van der Waals surface area contributed by atoms with Crippen LogP contribution in [0.15, 0.2) is 41.8 Å². The number of benzene rings is 1. The molecule has 2 fully saturated rings. The highest BCUT2D eigenvalue weighted by atomic mass is 16.5. The monoisotopic (exact) mass is 502 g/mol. The first kappa shape index (κ1) is 24.6. The van der Waals surface area contributed by atoms with Crippen molar-refractivity contribution in [2.24, 2.45) is 22.7 Å². The van der Waals surface area contributed by atoms with Gasteiger partial charge >= 0.3 is 5.97 Å². The van der Waals surface area contributed by atoms with Crippen molar-refractivity contribution < 1.29 is 14.6 Å². The van der Waals surface area contributed by atoms with Crippen molar-refractivity contribution in [1.82, 2.24) is 9.88 Å². The number of aliphatic hydroxyl groups is 1. The summed E-state index contributed by atoms with van der Waals surface area (Å²) in [4.78, 5) is 20.3. The van der Waals surface area contributed by atoms with Crippen LogP contribution in [0.1, 0.15) is 90.3 Å². The number of aliphatic hydroxyl groups excluding tert-OH is 1. The number of unbranched alkanes of at least 4 members (excludes halogenated alkanes) is 1. The van der Waals surface area contributed by atoms with Crippen LogP contribution in [0.5, 0.6) is 0 Å². The fourth-order valence-electron chi connectivity index (χ4n) is 9.51. The SMILES string of the molecule is CCCCC12C(C(=O)OC)=C(O)C(CC)C[C@@]1(CC)[C@H](CC)N1C=Cc3c([nH]c4ccccc34)C13C[C@@H]32. The largest absolute Gasteiger partial charge is 0.511 e. The summed E-state index contributed by atoms with van der Waals surface area (Å²) in [7, 11) is 1.48. The van der Waals surface area contributed by atoms with Crippen molar-refractivity contribution in [2.45, 2.75) is 90.6 Å². The average molecular weight is 503 g/mol. The molecular formula is C32H42N2O3. The molecule has 198 valence electrons. The minimum absolute atomic E-state index is 0.0125. The number of nitrogens with one attached hydrogen (secondary N) is 1. The number of piperidine rings is 1. The van der Waals surface area contributed by atoms with E-state index in [4.69, 9.17) is 4.74 Å². The summed E-state index contributed by atoms with van der Waals surface area (Å²) < 4.78 is 5.49. The van der Waals surface area contributed by atoms with Gasteiger partial charge in [-0.2, -0.15) is 0 Å². The number of carbonyl (C=O) groups is 1. The Bertz CT molecular complexity index is 1310. The molecular weight excluding hydrogens is 460 g/mol. The summed E-state index contributed by atoms with van der Waals surface area (Å²) in [5.41, 5.74) is 3.63.